The molecule has 1 aromatic carbocycles. The number of ether oxygens (including phenoxy) is 1. The minimum atomic E-state index is 0.436. The monoisotopic (exact) mass is 340 g/mol. The fourth-order valence-corrected chi connectivity index (χ4v) is 4.03. The van der Waals surface area contributed by atoms with Crippen LogP contribution in [0.4, 0.5) is 0 Å². The average molecular weight is 340 g/mol. The highest BCUT2D eigenvalue weighted by Gasteiger charge is 2.21. The number of rotatable bonds is 5. The fourth-order valence-electron chi connectivity index (χ4n) is 4.03. The Balaban J connectivity index is 1.24. The van der Waals surface area contributed by atoms with Gasteiger partial charge in [0.1, 0.15) is 0 Å². The first-order valence-electron chi connectivity index (χ1n) is 9.61. The number of nitrogens with zero attached hydrogens (tertiary/aromatic N) is 3. The van der Waals surface area contributed by atoms with Gasteiger partial charge in [0, 0.05) is 32.0 Å². The standard InChI is InChI=1S/C20H28N4O/c1(3-18-14-21-9-12-25-18)16-5-10-24(11-6-16)15-17-2-4-19-20(13-17)23-8-7-22-19/h2,4,7-8,13,16,18,21H,1,3,5-6,9-12,14-15H2. The minimum absolute atomic E-state index is 0.436. The summed E-state index contributed by atoms with van der Waals surface area (Å²) in [7, 11) is 0. The van der Waals surface area contributed by atoms with Crippen LogP contribution in [0.3, 0.4) is 0 Å². The normalized spacial score (nSPS) is 23.1. The van der Waals surface area contributed by atoms with Gasteiger partial charge in [-0.05, 0) is 62.4 Å². The van der Waals surface area contributed by atoms with Crippen LogP contribution in [0.5, 0.6) is 0 Å². The maximum absolute atomic E-state index is 5.82. The third-order valence-electron chi connectivity index (χ3n) is 5.55. The lowest BCUT2D eigenvalue weighted by Crippen LogP contribution is -2.39. The molecule has 0 amide bonds. The maximum atomic E-state index is 5.82. The molecular weight excluding hydrogens is 312 g/mol. The van der Waals surface area contributed by atoms with Crippen LogP contribution in [-0.2, 0) is 11.3 Å². The summed E-state index contributed by atoms with van der Waals surface area (Å²) >= 11 is 0. The van der Waals surface area contributed by atoms with Crippen molar-refractivity contribution in [2.45, 2.75) is 38.3 Å². The summed E-state index contributed by atoms with van der Waals surface area (Å²) in [6.45, 7) is 6.34. The van der Waals surface area contributed by atoms with Crippen LogP contribution >= 0.6 is 0 Å². The lowest BCUT2D eigenvalue weighted by Gasteiger charge is -2.33. The highest BCUT2D eigenvalue weighted by atomic mass is 16.5. The van der Waals surface area contributed by atoms with E-state index in [1.807, 2.05) is 0 Å². The van der Waals surface area contributed by atoms with Crippen LogP contribution in [0.25, 0.3) is 11.0 Å². The number of piperidine rings is 1. The number of nitrogens with one attached hydrogen (secondary N) is 1. The van der Waals surface area contributed by atoms with Crippen molar-refractivity contribution in [1.29, 1.82) is 0 Å². The lowest BCUT2D eigenvalue weighted by molar-refractivity contribution is 0.0175. The molecule has 2 aromatic rings. The maximum Gasteiger partial charge on any atom is 0.0890 e. The van der Waals surface area contributed by atoms with Crippen molar-refractivity contribution in [3.63, 3.8) is 0 Å². The van der Waals surface area contributed by atoms with Crippen molar-refractivity contribution in [3.8, 4) is 0 Å². The average Bonchev–Trinajstić information content (AvgIpc) is 2.68. The molecular formula is C20H28N4O. The van der Waals surface area contributed by atoms with Gasteiger partial charge in [-0.1, -0.05) is 6.07 Å². The molecule has 2 fully saturated rings. The summed E-state index contributed by atoms with van der Waals surface area (Å²) in [4.78, 5) is 11.3. The summed E-state index contributed by atoms with van der Waals surface area (Å²) in [6, 6.07) is 6.46. The van der Waals surface area contributed by atoms with Gasteiger partial charge >= 0.3 is 0 Å². The van der Waals surface area contributed by atoms with E-state index in [0.717, 1.165) is 43.2 Å². The zero-order valence-corrected chi connectivity index (χ0v) is 14.9. The van der Waals surface area contributed by atoms with E-state index in [4.69, 9.17) is 4.74 Å². The van der Waals surface area contributed by atoms with E-state index in [0.29, 0.717) is 6.10 Å². The fraction of sp³-hybridized carbons (Fsp3) is 0.600. The second-order valence-corrected chi connectivity index (χ2v) is 7.37. The van der Waals surface area contributed by atoms with Gasteiger partial charge < -0.3 is 10.1 Å². The molecule has 1 aromatic heterocycles. The van der Waals surface area contributed by atoms with Gasteiger partial charge in [0.15, 0.2) is 0 Å². The number of hydrogen-bond acceptors (Lipinski definition) is 5. The van der Waals surface area contributed by atoms with E-state index in [-0.39, 0.29) is 0 Å². The zero-order chi connectivity index (χ0) is 16.9. The van der Waals surface area contributed by atoms with Crippen molar-refractivity contribution in [3.05, 3.63) is 36.2 Å². The Kier molecular flexibility index (Phi) is 5.55. The number of hydrogen-bond donors (Lipinski definition) is 1. The van der Waals surface area contributed by atoms with Crippen molar-refractivity contribution in [1.82, 2.24) is 20.2 Å². The Labute approximate surface area is 149 Å². The molecule has 2 aliphatic rings. The molecule has 1 unspecified atom stereocenters. The molecule has 5 nitrogen and oxygen atoms in total. The second-order valence-electron chi connectivity index (χ2n) is 7.37. The van der Waals surface area contributed by atoms with Gasteiger partial charge in [-0.25, -0.2) is 0 Å². The molecule has 0 spiro atoms. The van der Waals surface area contributed by atoms with Crippen LogP contribution in [0.15, 0.2) is 30.6 Å². The lowest BCUT2D eigenvalue weighted by atomic mass is 9.90. The van der Waals surface area contributed by atoms with Crippen molar-refractivity contribution in [2.75, 3.05) is 32.8 Å². The number of morpholine rings is 1. The van der Waals surface area contributed by atoms with Crippen LogP contribution < -0.4 is 5.32 Å². The summed E-state index contributed by atoms with van der Waals surface area (Å²) in [6.07, 6.45) is 9.10. The largest absolute Gasteiger partial charge is 0.376 e. The predicted molar refractivity (Wildman–Crippen MR) is 99.4 cm³/mol. The molecule has 25 heavy (non-hydrogen) atoms. The molecule has 2 saturated heterocycles. The third kappa shape index (κ3) is 4.54. The smallest absolute Gasteiger partial charge is 0.0890 e. The van der Waals surface area contributed by atoms with E-state index in [2.05, 4.69) is 38.4 Å². The molecule has 5 heteroatoms. The number of fused-ring (bicyclic) bond motifs is 1. The molecule has 2 aliphatic heterocycles. The topological polar surface area (TPSA) is 50.3 Å². The van der Waals surface area contributed by atoms with Crippen LogP contribution in [0.2, 0.25) is 0 Å². The zero-order valence-electron chi connectivity index (χ0n) is 14.9. The van der Waals surface area contributed by atoms with Crippen LogP contribution in [0, 0.1) is 5.92 Å². The minimum Gasteiger partial charge on any atom is -0.376 e. The molecule has 134 valence electrons. The Morgan fingerprint density at radius 3 is 2.72 bits per heavy atom. The first kappa shape index (κ1) is 16.9. The molecule has 0 radical (unpaired) electrons. The summed E-state index contributed by atoms with van der Waals surface area (Å²) in [5.41, 5.74) is 3.31. The first-order valence-corrected chi connectivity index (χ1v) is 9.61. The second kappa shape index (κ2) is 8.21. The van der Waals surface area contributed by atoms with E-state index in [1.165, 1.54) is 44.3 Å². The van der Waals surface area contributed by atoms with Crippen molar-refractivity contribution in [2.24, 2.45) is 5.92 Å². The Bertz CT molecular complexity index is 678. The van der Waals surface area contributed by atoms with Gasteiger partial charge in [0.05, 0.1) is 23.7 Å². The van der Waals surface area contributed by atoms with E-state index in [9.17, 15) is 0 Å². The van der Waals surface area contributed by atoms with E-state index in [1.54, 1.807) is 12.4 Å². The molecule has 4 rings (SSSR count). The summed E-state index contributed by atoms with van der Waals surface area (Å²) < 4.78 is 5.82. The van der Waals surface area contributed by atoms with Gasteiger partial charge in [-0.3, -0.25) is 14.9 Å². The van der Waals surface area contributed by atoms with Gasteiger partial charge in [0.25, 0.3) is 0 Å². The van der Waals surface area contributed by atoms with E-state index >= 15 is 0 Å². The highest BCUT2D eigenvalue weighted by molar-refractivity contribution is 5.74. The molecule has 1 atom stereocenters. The summed E-state index contributed by atoms with van der Waals surface area (Å²) in [5, 5.41) is 3.43. The highest BCUT2D eigenvalue weighted by Crippen LogP contribution is 2.25. The molecule has 0 aliphatic carbocycles. The Morgan fingerprint density at radius 1 is 1.08 bits per heavy atom. The quantitative estimate of drug-likeness (QED) is 0.907. The summed E-state index contributed by atoms with van der Waals surface area (Å²) in [5.74, 6) is 0.865. The van der Waals surface area contributed by atoms with Crippen LogP contribution in [0.1, 0.15) is 31.2 Å². The number of likely N-dealkylation sites (tertiary alicyclic amines) is 1. The molecule has 0 bridgehead atoms. The van der Waals surface area contributed by atoms with Gasteiger partial charge in [-0.15, -0.1) is 0 Å². The first-order chi connectivity index (χ1) is 12.4. The number of benzene rings is 1. The molecule has 3 heterocycles. The van der Waals surface area contributed by atoms with Crippen LogP contribution in [-0.4, -0.2) is 53.8 Å². The molecule has 0 saturated carbocycles. The Morgan fingerprint density at radius 2 is 1.92 bits per heavy atom. The third-order valence-corrected chi connectivity index (χ3v) is 5.55. The predicted octanol–water partition coefficient (Wildman–Crippen LogP) is 2.61. The van der Waals surface area contributed by atoms with Crippen molar-refractivity contribution >= 4 is 11.0 Å². The molecule has 1 N–H and O–H groups in total. The Hall–Kier alpha value is -1.56. The number of aromatic nitrogens is 2. The SMILES string of the molecule is c1cnc2cc(CN3CCC(CCC4CNCCO4)CC3)ccc2n1. The van der Waals surface area contributed by atoms with Crippen molar-refractivity contribution < 1.29 is 4.74 Å². The van der Waals surface area contributed by atoms with Gasteiger partial charge in [0.2, 0.25) is 0 Å². The van der Waals surface area contributed by atoms with Gasteiger partial charge in [-0.2, -0.15) is 0 Å². The van der Waals surface area contributed by atoms with E-state index < -0.39 is 0 Å².